The Morgan fingerprint density at radius 3 is 1.12 bits per heavy atom. The van der Waals surface area contributed by atoms with Crippen molar-refractivity contribution in [2.45, 2.75) is 52.4 Å². The minimum Gasteiger partial charge on any atom is -0.454 e. The van der Waals surface area contributed by atoms with Gasteiger partial charge in [-0.2, -0.15) is 0 Å². The molecular weight excluding hydrogens is 877 g/mol. The lowest BCUT2D eigenvalue weighted by Crippen LogP contribution is -2.15. The van der Waals surface area contributed by atoms with Gasteiger partial charge >= 0.3 is 0 Å². The van der Waals surface area contributed by atoms with Gasteiger partial charge in [-0.25, -0.2) is 0 Å². The second-order valence-electron chi connectivity index (χ2n) is 21.7. The third-order valence-corrected chi connectivity index (χ3v) is 15.3. The molecule has 0 aliphatic carbocycles. The van der Waals surface area contributed by atoms with E-state index in [9.17, 15) is 0 Å². The molecule has 0 spiro atoms. The summed E-state index contributed by atoms with van der Waals surface area (Å²) in [5.41, 5.74) is 12.2. The zero-order valence-electron chi connectivity index (χ0n) is 41.3. The van der Waals surface area contributed by atoms with Crippen molar-refractivity contribution < 1.29 is 8.83 Å². The number of rotatable bonds is 6. The first-order valence-electron chi connectivity index (χ1n) is 25.2. The van der Waals surface area contributed by atoms with Gasteiger partial charge < -0.3 is 18.6 Å². The number of nitrogens with zero attached hydrogens (tertiary/aromatic N) is 2. The highest BCUT2D eigenvalue weighted by atomic mass is 16.3. The molecule has 2 heterocycles. The van der Waals surface area contributed by atoms with Gasteiger partial charge in [-0.3, -0.25) is 0 Å². The molecule has 72 heavy (non-hydrogen) atoms. The van der Waals surface area contributed by atoms with Crippen LogP contribution in [0.1, 0.15) is 52.7 Å². The van der Waals surface area contributed by atoms with Crippen LogP contribution < -0.4 is 9.80 Å². The van der Waals surface area contributed by atoms with Gasteiger partial charge in [0.1, 0.15) is 11.2 Å². The molecule has 0 amide bonds. The molecule has 0 radical (unpaired) electrons. The highest BCUT2D eigenvalue weighted by Gasteiger charge is 2.28. The van der Waals surface area contributed by atoms with Gasteiger partial charge in [0.15, 0.2) is 11.2 Å². The van der Waals surface area contributed by atoms with Gasteiger partial charge in [0.05, 0.1) is 22.7 Å². The Kier molecular flexibility index (Phi) is 9.07. The molecule has 14 aromatic rings. The molecule has 0 aliphatic rings. The largest absolute Gasteiger partial charge is 0.454 e. The SMILES string of the molecule is CC(C)(C)c1cccc(N(c2ccc3ccc4c(N(c5cccc(C(C)(C)C)c5)c5cccc6c5oc5ccc7ccccc7c56)ccc5ccc2c3c54)c2cccc3c2oc2ccc4ccccc4c23)c1. The van der Waals surface area contributed by atoms with Crippen LogP contribution in [0.15, 0.2) is 215 Å². The van der Waals surface area contributed by atoms with Crippen molar-refractivity contribution in [3.8, 4) is 0 Å². The van der Waals surface area contributed by atoms with Crippen molar-refractivity contribution in [3.63, 3.8) is 0 Å². The normalized spacial score (nSPS) is 12.6. The predicted octanol–water partition coefficient (Wildman–Crippen LogP) is 20.2. The zero-order valence-corrected chi connectivity index (χ0v) is 41.3. The summed E-state index contributed by atoms with van der Waals surface area (Å²) in [6.45, 7) is 13.7. The summed E-state index contributed by atoms with van der Waals surface area (Å²) in [7, 11) is 0. The average molecular weight is 929 g/mol. The van der Waals surface area contributed by atoms with Crippen molar-refractivity contribution in [2.24, 2.45) is 0 Å². The van der Waals surface area contributed by atoms with E-state index in [0.29, 0.717) is 0 Å². The summed E-state index contributed by atoms with van der Waals surface area (Å²) in [6.07, 6.45) is 0. The van der Waals surface area contributed by atoms with E-state index < -0.39 is 0 Å². The first kappa shape index (κ1) is 42.3. The lowest BCUT2D eigenvalue weighted by atomic mass is 9.86. The van der Waals surface area contributed by atoms with E-state index in [1.165, 1.54) is 54.2 Å². The molecule has 0 fully saturated rings. The fraction of sp³-hybridized carbons (Fsp3) is 0.118. The molecule has 0 bridgehead atoms. The highest BCUT2D eigenvalue weighted by molar-refractivity contribution is 6.29. The fourth-order valence-electron chi connectivity index (χ4n) is 11.7. The van der Waals surface area contributed by atoms with Crippen molar-refractivity contribution in [3.05, 3.63) is 217 Å². The van der Waals surface area contributed by atoms with Crippen molar-refractivity contribution in [1.29, 1.82) is 0 Å². The molecule has 4 nitrogen and oxygen atoms in total. The number of hydrogen-bond acceptors (Lipinski definition) is 4. The smallest absolute Gasteiger partial charge is 0.159 e. The summed E-state index contributed by atoms with van der Waals surface area (Å²) in [6, 6.07) is 75.6. The van der Waals surface area contributed by atoms with Crippen molar-refractivity contribution in [2.75, 3.05) is 9.80 Å². The lowest BCUT2D eigenvalue weighted by molar-refractivity contribution is 0.590. The number of fused-ring (bicyclic) bond motifs is 10. The van der Waals surface area contributed by atoms with Crippen LogP contribution in [0.3, 0.4) is 0 Å². The third kappa shape index (κ3) is 6.38. The van der Waals surface area contributed by atoms with Crippen molar-refractivity contribution >= 4 is 132 Å². The third-order valence-electron chi connectivity index (χ3n) is 15.3. The van der Waals surface area contributed by atoms with E-state index >= 15 is 0 Å². The van der Waals surface area contributed by atoms with Crippen LogP contribution in [-0.2, 0) is 10.8 Å². The van der Waals surface area contributed by atoms with Gasteiger partial charge in [0, 0.05) is 43.7 Å². The summed E-state index contributed by atoms with van der Waals surface area (Å²) in [5.74, 6) is 0. The van der Waals surface area contributed by atoms with E-state index in [1.54, 1.807) is 0 Å². The van der Waals surface area contributed by atoms with Gasteiger partial charge in [-0.15, -0.1) is 0 Å². The van der Waals surface area contributed by atoms with Crippen LogP contribution >= 0.6 is 0 Å². The van der Waals surface area contributed by atoms with E-state index in [1.807, 2.05) is 0 Å². The molecule has 0 N–H and O–H groups in total. The number of benzene rings is 12. The molecule has 14 rings (SSSR count). The van der Waals surface area contributed by atoms with Crippen LogP contribution in [0.25, 0.3) is 97.7 Å². The maximum atomic E-state index is 7.01. The summed E-state index contributed by atoms with van der Waals surface area (Å²) < 4.78 is 14.0. The first-order chi connectivity index (χ1) is 35.0. The number of furan rings is 2. The monoisotopic (exact) mass is 928 g/mol. The second kappa shape index (κ2) is 15.4. The minimum absolute atomic E-state index is 0.0657. The summed E-state index contributed by atoms with van der Waals surface area (Å²) in [5, 5.41) is 16.4. The predicted molar refractivity (Wildman–Crippen MR) is 306 cm³/mol. The Morgan fingerprint density at radius 2 is 0.681 bits per heavy atom. The molecule has 12 aromatic carbocycles. The molecule has 4 heteroatoms. The maximum Gasteiger partial charge on any atom is 0.159 e. The second-order valence-corrected chi connectivity index (χ2v) is 21.7. The van der Waals surface area contributed by atoms with Crippen LogP contribution in [0.2, 0.25) is 0 Å². The first-order valence-corrected chi connectivity index (χ1v) is 25.2. The minimum atomic E-state index is -0.0657. The fourth-order valence-corrected chi connectivity index (χ4v) is 11.7. The standard InChI is InChI=1S/C68H52N2O2/c1-67(2,3)45-17-11-19-47(39-45)69(57-25-13-23-53-63-49-21-9-7-15-41(49)31-37-59(63)71-65(53)57)55-35-29-43-28-34-52-56(36-30-44-27-33-51(55)61(43)62(44)52)70(48-20-12-18-46(40-48)68(4,5)6)58-26-14-24-54-64-50-22-10-8-16-42(50)32-38-60(64)72-66(54)58/h7-40H,1-6H3. The van der Waals surface area contributed by atoms with E-state index in [0.717, 1.165) is 88.8 Å². The van der Waals surface area contributed by atoms with Crippen LogP contribution in [-0.4, -0.2) is 0 Å². The van der Waals surface area contributed by atoms with E-state index in [4.69, 9.17) is 8.83 Å². The molecule has 2 aromatic heterocycles. The Labute approximate surface area is 418 Å². The van der Waals surface area contributed by atoms with E-state index in [-0.39, 0.29) is 10.8 Å². The topological polar surface area (TPSA) is 32.8 Å². The zero-order chi connectivity index (χ0) is 48.6. The van der Waals surface area contributed by atoms with Gasteiger partial charge in [-0.05, 0) is 126 Å². The van der Waals surface area contributed by atoms with Gasteiger partial charge in [0.25, 0.3) is 0 Å². The Balaban J connectivity index is 1.04. The van der Waals surface area contributed by atoms with Gasteiger partial charge in [-0.1, -0.05) is 187 Å². The molecule has 0 saturated carbocycles. The molecule has 0 unspecified atom stereocenters. The maximum absolute atomic E-state index is 7.01. The molecular formula is C68H52N2O2. The number of hydrogen-bond donors (Lipinski definition) is 0. The molecule has 346 valence electrons. The summed E-state index contributed by atoms with van der Waals surface area (Å²) >= 11 is 0. The van der Waals surface area contributed by atoms with E-state index in [2.05, 4.69) is 258 Å². The quantitative estimate of drug-likeness (QED) is 0.156. The molecule has 0 aliphatic heterocycles. The van der Waals surface area contributed by atoms with Crippen LogP contribution in [0.4, 0.5) is 34.1 Å². The molecule has 0 saturated heterocycles. The number of anilines is 6. The van der Waals surface area contributed by atoms with Crippen molar-refractivity contribution in [1.82, 2.24) is 0 Å². The lowest BCUT2D eigenvalue weighted by Gasteiger charge is -2.30. The Morgan fingerprint density at radius 1 is 0.292 bits per heavy atom. The highest BCUT2D eigenvalue weighted by Crippen LogP contribution is 2.51. The Hall–Kier alpha value is -8.60. The Bertz CT molecular complexity index is 4210. The summed E-state index contributed by atoms with van der Waals surface area (Å²) in [4.78, 5) is 4.87. The van der Waals surface area contributed by atoms with Gasteiger partial charge in [0.2, 0.25) is 0 Å². The van der Waals surface area contributed by atoms with Crippen LogP contribution in [0, 0.1) is 0 Å². The van der Waals surface area contributed by atoms with Crippen LogP contribution in [0.5, 0.6) is 0 Å². The number of para-hydroxylation sites is 2. The molecule has 0 atom stereocenters. The average Bonchev–Trinajstić information content (AvgIpc) is 3.99.